The van der Waals surface area contributed by atoms with Crippen molar-refractivity contribution in [3.8, 4) is 5.75 Å². The van der Waals surface area contributed by atoms with E-state index in [0.29, 0.717) is 0 Å². The minimum atomic E-state index is -3.05. The van der Waals surface area contributed by atoms with Gasteiger partial charge in [-0.2, -0.15) is 0 Å². The van der Waals surface area contributed by atoms with Gasteiger partial charge in [0.25, 0.3) is 0 Å². The van der Waals surface area contributed by atoms with Gasteiger partial charge in [-0.15, -0.1) is 0 Å². The average Bonchev–Trinajstić information content (AvgIpc) is 2.87. The van der Waals surface area contributed by atoms with Gasteiger partial charge in [-0.05, 0) is 59.4 Å². The quantitative estimate of drug-likeness (QED) is 0.201. The van der Waals surface area contributed by atoms with E-state index >= 15 is 0 Å². The van der Waals surface area contributed by atoms with Crippen LogP contribution in [0.2, 0.25) is 0 Å². The molecule has 3 atom stereocenters. The van der Waals surface area contributed by atoms with Crippen molar-refractivity contribution in [1.29, 1.82) is 0 Å². The minimum absolute atomic E-state index is 0.0527. The summed E-state index contributed by atoms with van der Waals surface area (Å²) in [5.41, 5.74) is 2.06. The monoisotopic (exact) mass is 476 g/mol. The maximum atomic E-state index is 13.7. The summed E-state index contributed by atoms with van der Waals surface area (Å²) in [6.45, 7) is 0. The highest BCUT2D eigenvalue weighted by Crippen LogP contribution is 2.46. The van der Waals surface area contributed by atoms with Crippen LogP contribution < -0.4 is 0 Å². The molecule has 0 amide bonds. The van der Waals surface area contributed by atoms with Crippen LogP contribution in [-0.2, 0) is 17.6 Å². The number of phenolic OH excluding ortho intramolecular Hbond substituents is 1. The number of aliphatic hydroxyl groups excluding tert-OH is 1. The maximum absolute atomic E-state index is 13.7. The molecule has 3 aromatic carbocycles. The van der Waals surface area contributed by atoms with Crippen molar-refractivity contribution in [1.82, 2.24) is 0 Å². The van der Waals surface area contributed by atoms with Gasteiger partial charge in [0.1, 0.15) is 11.7 Å². The fourth-order valence-corrected chi connectivity index (χ4v) is 4.71. The Kier molecular flexibility index (Phi) is 6.89. The Morgan fingerprint density at radius 1 is 0.829 bits per heavy atom. The second kappa shape index (κ2) is 9.73. The van der Waals surface area contributed by atoms with E-state index in [1.54, 1.807) is 0 Å². The highest BCUT2D eigenvalue weighted by molar-refractivity contribution is 6.00. The molecule has 182 valence electrons. The number of rotatable bonds is 7. The van der Waals surface area contributed by atoms with Crippen LogP contribution in [0, 0.1) is 5.92 Å². The topological polar surface area (TPSA) is 127 Å². The Balaban J connectivity index is 1.96. The molecule has 0 heterocycles. The Hall–Kier alpha value is -3.33. The molecular weight excluding hydrogens is 448 g/mol. The number of hydrogen-bond donors (Lipinski definition) is 5. The summed E-state index contributed by atoms with van der Waals surface area (Å²) < 4.78 is 5.31. The Morgan fingerprint density at radius 2 is 1.34 bits per heavy atom. The number of carbonyl (C=O) groups is 1. The van der Waals surface area contributed by atoms with Gasteiger partial charge in [-0.25, -0.2) is 0 Å². The number of benzene rings is 3. The third kappa shape index (κ3) is 4.65. The van der Waals surface area contributed by atoms with Crippen molar-refractivity contribution >= 4 is 5.78 Å². The number of aromatic hydroxyl groups is 1. The Labute approximate surface area is 203 Å². The first-order valence-electron chi connectivity index (χ1n) is 11.2. The number of ketones is 1. The molecule has 0 aromatic heterocycles. The van der Waals surface area contributed by atoms with Crippen LogP contribution in [0.4, 0.5) is 0 Å². The fraction of sp³-hybridized carbons (Fsp3) is 0.250. The molecule has 5 N–H and O–H groups in total. The number of hydrogen-bond acceptors (Lipinski definition) is 7. The van der Waals surface area contributed by atoms with E-state index < -0.39 is 29.4 Å². The number of Topliss-reactive ketones (excluding diaryl/α,β-unsaturated/α-hetero) is 1. The van der Waals surface area contributed by atoms with E-state index in [-0.39, 0.29) is 35.3 Å². The summed E-state index contributed by atoms with van der Waals surface area (Å²) in [5, 5.41) is 54.4. The van der Waals surface area contributed by atoms with E-state index in [1.165, 1.54) is 24.3 Å². The zero-order valence-electron chi connectivity index (χ0n) is 19.2. The van der Waals surface area contributed by atoms with E-state index in [1.807, 2.05) is 60.7 Å². The van der Waals surface area contributed by atoms with Gasteiger partial charge < -0.3 is 30.3 Å². The third-order valence-electron chi connectivity index (χ3n) is 6.55. The minimum Gasteiger partial charge on any atom is -0.508 e. The summed E-state index contributed by atoms with van der Waals surface area (Å²) in [7, 11) is 1.16. The molecule has 35 heavy (non-hydrogen) atoms. The van der Waals surface area contributed by atoms with Crippen molar-refractivity contribution in [3.05, 3.63) is 113 Å². The first-order chi connectivity index (χ1) is 16.7. The molecule has 0 spiro atoms. The van der Waals surface area contributed by atoms with Crippen LogP contribution in [0.3, 0.4) is 0 Å². The largest absolute Gasteiger partial charge is 0.508 e. The number of phenols is 1. The van der Waals surface area contributed by atoms with Gasteiger partial charge in [-0.3, -0.25) is 4.79 Å². The fourth-order valence-electron chi connectivity index (χ4n) is 4.71. The lowest BCUT2D eigenvalue weighted by Gasteiger charge is -2.49. The van der Waals surface area contributed by atoms with Gasteiger partial charge in [0.2, 0.25) is 11.6 Å². The molecule has 0 saturated heterocycles. The van der Waals surface area contributed by atoms with Gasteiger partial charge in [0.05, 0.1) is 0 Å². The molecular formula is C28H28O7. The molecule has 4 rings (SSSR count). The second-order valence-corrected chi connectivity index (χ2v) is 8.76. The average molecular weight is 477 g/mol. The first-order valence-corrected chi connectivity index (χ1v) is 11.2. The molecule has 0 radical (unpaired) electrons. The van der Waals surface area contributed by atoms with E-state index in [0.717, 1.165) is 18.2 Å². The van der Waals surface area contributed by atoms with E-state index in [2.05, 4.69) is 0 Å². The molecule has 0 bridgehead atoms. The van der Waals surface area contributed by atoms with Crippen LogP contribution in [0.1, 0.15) is 21.5 Å². The summed E-state index contributed by atoms with van der Waals surface area (Å²) in [4.78, 5) is 13.7. The summed E-state index contributed by atoms with van der Waals surface area (Å²) in [5.74, 6) is -7.86. The highest BCUT2D eigenvalue weighted by atomic mass is 16.6. The third-order valence-corrected chi connectivity index (χ3v) is 6.55. The van der Waals surface area contributed by atoms with Crippen LogP contribution in [0.25, 0.3) is 0 Å². The SMILES string of the molecule is COC1(O)C(Cc2ccccc2)=C(Cc2ccccc2)C(C(=O)c2ccc(O)cc2)C(O)(O)C1O. The number of carbonyl (C=O) groups excluding carboxylic acids is 1. The highest BCUT2D eigenvalue weighted by Gasteiger charge is 2.62. The standard InChI is InChI=1S/C28H28O7/c1-35-28(34)23(17-19-10-6-3-7-11-19)22(16-18-8-4-2-5-9-18)24(27(32,33)26(28)31)25(30)20-12-14-21(29)15-13-20/h2-15,24,26,29,31-34H,16-17H2,1H3. The summed E-state index contributed by atoms with van der Waals surface area (Å²) in [6, 6.07) is 23.6. The maximum Gasteiger partial charge on any atom is 0.221 e. The van der Waals surface area contributed by atoms with E-state index in [9.17, 15) is 30.3 Å². The molecule has 1 aliphatic carbocycles. The van der Waals surface area contributed by atoms with Crippen molar-refractivity contribution in [2.24, 2.45) is 5.92 Å². The molecule has 3 aromatic rings. The predicted octanol–water partition coefficient (Wildman–Crippen LogP) is 2.36. The Bertz CT molecular complexity index is 1200. The molecule has 7 nitrogen and oxygen atoms in total. The van der Waals surface area contributed by atoms with Crippen LogP contribution in [-0.4, -0.2) is 56.1 Å². The van der Waals surface area contributed by atoms with Crippen LogP contribution in [0.15, 0.2) is 96.1 Å². The molecule has 0 saturated carbocycles. The lowest BCUT2D eigenvalue weighted by Crippen LogP contribution is -2.67. The van der Waals surface area contributed by atoms with Gasteiger partial charge in [0.15, 0.2) is 11.9 Å². The van der Waals surface area contributed by atoms with Gasteiger partial charge >= 0.3 is 0 Å². The normalized spacial score (nSPS) is 23.8. The van der Waals surface area contributed by atoms with Gasteiger partial charge in [0, 0.05) is 12.7 Å². The first kappa shape index (κ1) is 24.8. The summed E-state index contributed by atoms with van der Waals surface area (Å²) >= 11 is 0. The predicted molar refractivity (Wildman–Crippen MR) is 128 cm³/mol. The zero-order valence-corrected chi connectivity index (χ0v) is 19.2. The van der Waals surface area contributed by atoms with Crippen molar-refractivity contribution in [2.45, 2.75) is 30.5 Å². The summed E-state index contributed by atoms with van der Waals surface area (Å²) in [6.07, 6.45) is -2.05. The van der Waals surface area contributed by atoms with Gasteiger partial charge in [-0.1, -0.05) is 60.7 Å². The second-order valence-electron chi connectivity index (χ2n) is 8.76. The Morgan fingerprint density at radius 3 is 1.86 bits per heavy atom. The van der Waals surface area contributed by atoms with Crippen LogP contribution in [0.5, 0.6) is 5.75 Å². The number of ether oxygens (including phenoxy) is 1. The van der Waals surface area contributed by atoms with Crippen LogP contribution >= 0.6 is 0 Å². The lowest BCUT2D eigenvalue weighted by molar-refractivity contribution is -0.333. The molecule has 0 fully saturated rings. The van der Waals surface area contributed by atoms with Crippen molar-refractivity contribution < 1.29 is 35.1 Å². The molecule has 3 unspecified atom stereocenters. The van der Waals surface area contributed by atoms with Crippen molar-refractivity contribution in [3.63, 3.8) is 0 Å². The smallest absolute Gasteiger partial charge is 0.221 e. The lowest BCUT2D eigenvalue weighted by atomic mass is 9.67. The van der Waals surface area contributed by atoms with Crippen molar-refractivity contribution in [2.75, 3.05) is 7.11 Å². The molecule has 1 aliphatic rings. The zero-order chi connectivity index (χ0) is 25.2. The molecule has 0 aliphatic heterocycles. The number of aliphatic hydroxyl groups is 4. The number of methoxy groups -OCH3 is 1. The molecule has 7 heteroatoms. The van der Waals surface area contributed by atoms with E-state index in [4.69, 9.17) is 4.74 Å².